The van der Waals surface area contributed by atoms with Crippen LogP contribution in [0.25, 0.3) is 22.0 Å². The maximum atomic E-state index is 12.8. The van der Waals surface area contributed by atoms with Gasteiger partial charge in [-0.25, -0.2) is 4.98 Å². The summed E-state index contributed by atoms with van der Waals surface area (Å²) in [6.07, 6.45) is 1.72. The SMILES string of the molecule is Cn1c(=O)c(C#N)c(N2CCC(c3nc4ccccc4o3)CC2)c2ccccc21. The van der Waals surface area contributed by atoms with Crippen molar-refractivity contribution < 1.29 is 4.42 Å². The second kappa shape index (κ2) is 6.78. The van der Waals surface area contributed by atoms with Crippen LogP contribution in [-0.4, -0.2) is 22.6 Å². The van der Waals surface area contributed by atoms with E-state index in [9.17, 15) is 10.1 Å². The van der Waals surface area contributed by atoms with Crippen LogP contribution in [0.1, 0.15) is 30.2 Å². The molecule has 1 fully saturated rings. The number of benzene rings is 2. The monoisotopic (exact) mass is 384 g/mol. The first-order chi connectivity index (χ1) is 14.2. The molecule has 144 valence electrons. The lowest BCUT2D eigenvalue weighted by atomic mass is 9.95. The van der Waals surface area contributed by atoms with Crippen molar-refractivity contribution in [1.82, 2.24) is 9.55 Å². The lowest BCUT2D eigenvalue weighted by molar-refractivity contribution is 0.407. The van der Waals surface area contributed by atoms with Crippen LogP contribution in [0.5, 0.6) is 0 Å². The molecule has 0 N–H and O–H groups in total. The molecular formula is C23H20N4O2. The van der Waals surface area contributed by atoms with Crippen LogP contribution >= 0.6 is 0 Å². The second-order valence-electron chi connectivity index (χ2n) is 7.50. The molecular weight excluding hydrogens is 364 g/mol. The number of aryl methyl sites for hydroxylation is 1. The van der Waals surface area contributed by atoms with Gasteiger partial charge in [0.1, 0.15) is 17.1 Å². The predicted molar refractivity (Wildman–Crippen MR) is 112 cm³/mol. The Morgan fingerprint density at radius 2 is 1.83 bits per heavy atom. The third-order valence-corrected chi connectivity index (χ3v) is 5.86. The van der Waals surface area contributed by atoms with Gasteiger partial charge in [-0.15, -0.1) is 0 Å². The van der Waals surface area contributed by atoms with Crippen LogP contribution < -0.4 is 10.5 Å². The minimum absolute atomic E-state index is 0.214. The number of hydrogen-bond donors (Lipinski definition) is 0. The number of piperidine rings is 1. The minimum Gasteiger partial charge on any atom is -0.440 e. The number of hydrogen-bond acceptors (Lipinski definition) is 5. The standard InChI is InChI=1S/C23H20N4O2/c1-26-19-8-4-2-6-16(19)21(17(14-24)23(26)28)27-12-10-15(11-13-27)22-25-18-7-3-5-9-20(18)29-22/h2-9,15H,10-13H2,1H3. The van der Waals surface area contributed by atoms with E-state index in [4.69, 9.17) is 4.42 Å². The van der Waals surface area contributed by atoms with Gasteiger partial charge >= 0.3 is 0 Å². The number of nitriles is 1. The third kappa shape index (κ3) is 2.78. The van der Waals surface area contributed by atoms with Crippen molar-refractivity contribution >= 4 is 27.7 Å². The molecule has 2 aromatic carbocycles. The van der Waals surface area contributed by atoms with Gasteiger partial charge in [-0.05, 0) is 31.0 Å². The fraction of sp³-hybridized carbons (Fsp3) is 0.261. The summed E-state index contributed by atoms with van der Waals surface area (Å²) in [6, 6.07) is 17.7. The summed E-state index contributed by atoms with van der Waals surface area (Å²) in [7, 11) is 1.72. The molecule has 0 aliphatic carbocycles. The molecule has 0 unspecified atom stereocenters. The van der Waals surface area contributed by atoms with Crippen LogP contribution in [0, 0.1) is 11.3 Å². The van der Waals surface area contributed by atoms with Crippen molar-refractivity contribution in [2.75, 3.05) is 18.0 Å². The number of pyridine rings is 1. The summed E-state index contributed by atoms with van der Waals surface area (Å²) in [5.41, 5.74) is 3.26. The van der Waals surface area contributed by atoms with Gasteiger partial charge in [-0.3, -0.25) is 4.79 Å². The Hall–Kier alpha value is -3.59. The normalized spacial score (nSPS) is 15.1. The Kier molecular flexibility index (Phi) is 4.09. The molecule has 1 aliphatic heterocycles. The summed E-state index contributed by atoms with van der Waals surface area (Å²) in [4.78, 5) is 19.6. The summed E-state index contributed by atoms with van der Waals surface area (Å²) < 4.78 is 7.52. The van der Waals surface area contributed by atoms with Crippen LogP contribution in [0.3, 0.4) is 0 Å². The summed E-state index contributed by atoms with van der Waals surface area (Å²) in [6.45, 7) is 1.49. The molecule has 4 aromatic rings. The number of anilines is 1. The highest BCUT2D eigenvalue weighted by Gasteiger charge is 2.28. The molecule has 3 heterocycles. The Bertz CT molecular complexity index is 1290. The van der Waals surface area contributed by atoms with Crippen molar-refractivity contribution in [3.63, 3.8) is 0 Å². The number of fused-ring (bicyclic) bond motifs is 2. The van der Waals surface area contributed by atoms with Crippen molar-refractivity contribution in [1.29, 1.82) is 5.26 Å². The van der Waals surface area contributed by atoms with Crippen LogP contribution in [-0.2, 0) is 7.05 Å². The van der Waals surface area contributed by atoms with Gasteiger partial charge in [0, 0.05) is 31.4 Å². The second-order valence-corrected chi connectivity index (χ2v) is 7.50. The first-order valence-corrected chi connectivity index (χ1v) is 9.79. The lowest BCUT2D eigenvalue weighted by Crippen LogP contribution is -2.35. The van der Waals surface area contributed by atoms with Gasteiger partial charge in [0.2, 0.25) is 0 Å². The van der Waals surface area contributed by atoms with Crippen LogP contribution in [0.4, 0.5) is 5.69 Å². The first kappa shape index (κ1) is 17.5. The van der Waals surface area contributed by atoms with E-state index in [1.165, 1.54) is 0 Å². The number of oxazole rings is 1. The third-order valence-electron chi connectivity index (χ3n) is 5.86. The highest BCUT2D eigenvalue weighted by atomic mass is 16.3. The number of para-hydroxylation sites is 3. The zero-order chi connectivity index (χ0) is 20.0. The summed E-state index contributed by atoms with van der Waals surface area (Å²) >= 11 is 0. The molecule has 0 radical (unpaired) electrons. The van der Waals surface area contributed by atoms with E-state index in [0.717, 1.165) is 59.5 Å². The smallest absolute Gasteiger partial charge is 0.270 e. The molecule has 0 spiro atoms. The van der Waals surface area contributed by atoms with E-state index in [1.807, 2.05) is 48.5 Å². The van der Waals surface area contributed by atoms with E-state index in [-0.39, 0.29) is 17.0 Å². The zero-order valence-electron chi connectivity index (χ0n) is 16.1. The molecule has 0 amide bonds. The average molecular weight is 384 g/mol. The first-order valence-electron chi connectivity index (χ1n) is 9.79. The van der Waals surface area contributed by atoms with Gasteiger partial charge in [-0.2, -0.15) is 5.26 Å². The molecule has 6 heteroatoms. The van der Waals surface area contributed by atoms with Crippen LogP contribution in [0.15, 0.2) is 57.7 Å². The molecule has 0 atom stereocenters. The Morgan fingerprint density at radius 1 is 1.10 bits per heavy atom. The number of aromatic nitrogens is 2. The summed E-state index contributed by atoms with van der Waals surface area (Å²) in [5, 5.41) is 10.6. The van der Waals surface area contributed by atoms with Gasteiger partial charge in [-0.1, -0.05) is 30.3 Å². The van der Waals surface area contributed by atoms with Gasteiger partial charge in [0.25, 0.3) is 5.56 Å². The fourth-order valence-electron chi connectivity index (χ4n) is 4.32. The lowest BCUT2D eigenvalue weighted by Gasteiger charge is -2.33. The topological polar surface area (TPSA) is 75.1 Å². The molecule has 0 bridgehead atoms. The molecule has 1 saturated heterocycles. The van der Waals surface area contributed by atoms with E-state index < -0.39 is 0 Å². The van der Waals surface area contributed by atoms with Gasteiger partial charge in [0.15, 0.2) is 11.5 Å². The van der Waals surface area contributed by atoms with E-state index in [1.54, 1.807) is 11.6 Å². The quantitative estimate of drug-likeness (QED) is 0.523. The molecule has 5 rings (SSSR count). The van der Waals surface area contributed by atoms with Crippen LogP contribution in [0.2, 0.25) is 0 Å². The minimum atomic E-state index is -0.248. The van der Waals surface area contributed by atoms with E-state index in [2.05, 4.69) is 16.0 Å². The van der Waals surface area contributed by atoms with Crippen molar-refractivity contribution in [2.24, 2.45) is 7.05 Å². The molecule has 6 nitrogen and oxygen atoms in total. The van der Waals surface area contributed by atoms with E-state index >= 15 is 0 Å². The number of rotatable bonds is 2. The maximum Gasteiger partial charge on any atom is 0.270 e. The van der Waals surface area contributed by atoms with Crippen molar-refractivity contribution in [3.8, 4) is 6.07 Å². The van der Waals surface area contributed by atoms with Crippen molar-refractivity contribution in [3.05, 3.63) is 70.3 Å². The maximum absolute atomic E-state index is 12.8. The van der Waals surface area contributed by atoms with Crippen molar-refractivity contribution in [2.45, 2.75) is 18.8 Å². The Morgan fingerprint density at radius 3 is 2.59 bits per heavy atom. The average Bonchev–Trinajstić information content (AvgIpc) is 3.20. The number of nitrogens with zero attached hydrogens (tertiary/aromatic N) is 4. The highest BCUT2D eigenvalue weighted by Crippen LogP contribution is 2.35. The Labute approximate surface area is 167 Å². The molecule has 29 heavy (non-hydrogen) atoms. The summed E-state index contributed by atoms with van der Waals surface area (Å²) in [5.74, 6) is 1.02. The molecule has 0 saturated carbocycles. The zero-order valence-corrected chi connectivity index (χ0v) is 16.1. The Balaban J connectivity index is 1.49. The van der Waals surface area contributed by atoms with Gasteiger partial charge < -0.3 is 13.9 Å². The molecule has 2 aromatic heterocycles. The largest absolute Gasteiger partial charge is 0.440 e. The van der Waals surface area contributed by atoms with Gasteiger partial charge in [0.05, 0.1) is 11.2 Å². The highest BCUT2D eigenvalue weighted by molar-refractivity contribution is 5.95. The van der Waals surface area contributed by atoms with E-state index in [0.29, 0.717) is 0 Å². The predicted octanol–water partition coefficient (Wildman–Crippen LogP) is 3.94. The molecule has 1 aliphatic rings. The fourth-order valence-corrected chi connectivity index (χ4v) is 4.32.